The highest BCUT2D eigenvalue weighted by atomic mass is 32.2. The molecule has 0 aliphatic carbocycles. The van der Waals surface area contributed by atoms with Gasteiger partial charge < -0.3 is 0 Å². The molecule has 1 unspecified atom stereocenters. The van der Waals surface area contributed by atoms with E-state index in [2.05, 4.69) is 44.8 Å². The Kier molecular flexibility index (Phi) is 7.09. The van der Waals surface area contributed by atoms with E-state index in [1.165, 1.54) is 0 Å². The molecular weight excluding hydrogens is 188 g/mol. The summed E-state index contributed by atoms with van der Waals surface area (Å²) in [4.78, 5) is 0. The van der Waals surface area contributed by atoms with Crippen molar-refractivity contribution in [2.45, 2.75) is 22.5 Å². The van der Waals surface area contributed by atoms with E-state index in [1.807, 2.05) is 0 Å². The number of hydrogen-bond acceptors (Lipinski definition) is 4. The van der Waals surface area contributed by atoms with Crippen LogP contribution in [0.5, 0.6) is 0 Å². The Morgan fingerprint density at radius 1 is 1.33 bits per heavy atom. The molecule has 56 valence electrons. The van der Waals surface area contributed by atoms with Gasteiger partial charge in [-0.3, -0.25) is 0 Å². The fourth-order valence-corrected chi connectivity index (χ4v) is 1.72. The maximum Gasteiger partial charge on any atom is 0.0533 e. The first-order valence-corrected chi connectivity index (χ1v) is 5.42. The third kappa shape index (κ3) is 7.30. The van der Waals surface area contributed by atoms with E-state index in [1.54, 1.807) is 11.8 Å². The van der Waals surface area contributed by atoms with E-state index in [-0.39, 0.29) is 4.58 Å². The number of rotatable bonds is 4. The summed E-state index contributed by atoms with van der Waals surface area (Å²) in [5, 5.41) is 0. The minimum absolute atomic E-state index is 0.191. The van der Waals surface area contributed by atoms with E-state index < -0.39 is 0 Å². The Labute approximate surface area is 77.8 Å². The molecule has 0 saturated carbocycles. The van der Waals surface area contributed by atoms with Crippen LogP contribution in [-0.4, -0.2) is 14.9 Å². The third-order valence-corrected chi connectivity index (χ3v) is 3.70. The highest BCUT2D eigenvalue weighted by molar-refractivity contribution is 8.11. The molecule has 4 heteroatoms. The predicted octanol–water partition coefficient (Wildman–Crippen LogP) is 2.57. The minimum Gasteiger partial charge on any atom is -0.165 e. The van der Waals surface area contributed by atoms with Crippen molar-refractivity contribution < 1.29 is 0 Å². The van der Waals surface area contributed by atoms with E-state index in [0.717, 1.165) is 12.2 Å². The quantitative estimate of drug-likeness (QED) is 0.463. The molecule has 0 aliphatic rings. The molecule has 0 aromatic carbocycles. The van der Waals surface area contributed by atoms with Crippen molar-refractivity contribution in [2.24, 2.45) is 0 Å². The second-order valence-corrected chi connectivity index (χ2v) is 5.54. The van der Waals surface area contributed by atoms with Crippen LogP contribution in [0, 0.1) is 0 Å². The van der Waals surface area contributed by atoms with Gasteiger partial charge in [0.25, 0.3) is 0 Å². The Balaban J connectivity index is 3.06. The smallest absolute Gasteiger partial charge is 0.0533 e. The molecule has 0 bridgehead atoms. The molecule has 0 amide bonds. The van der Waals surface area contributed by atoms with E-state index >= 15 is 0 Å². The number of thioether (sulfide) groups is 1. The van der Waals surface area contributed by atoms with Gasteiger partial charge in [0, 0.05) is 10.3 Å². The van der Waals surface area contributed by atoms with Gasteiger partial charge >= 0.3 is 0 Å². The van der Waals surface area contributed by atoms with Gasteiger partial charge in [-0.1, -0.05) is 6.92 Å². The van der Waals surface area contributed by atoms with Gasteiger partial charge in [0.15, 0.2) is 0 Å². The van der Waals surface area contributed by atoms with Crippen molar-refractivity contribution in [2.75, 3.05) is 5.75 Å². The SMILES string of the molecule is CCC(S)SCC(S)S. The van der Waals surface area contributed by atoms with Gasteiger partial charge in [0.2, 0.25) is 0 Å². The maximum absolute atomic E-state index is 4.30. The molecule has 0 aromatic heterocycles. The highest BCUT2D eigenvalue weighted by Crippen LogP contribution is 2.21. The third-order valence-electron chi connectivity index (χ3n) is 0.787. The van der Waals surface area contributed by atoms with Gasteiger partial charge in [-0.2, -0.15) is 37.9 Å². The zero-order valence-corrected chi connectivity index (χ0v) is 8.82. The van der Waals surface area contributed by atoms with Gasteiger partial charge in [-0.25, -0.2) is 0 Å². The molecule has 0 aromatic rings. The van der Waals surface area contributed by atoms with Gasteiger partial charge in [0.05, 0.1) is 4.58 Å². The summed E-state index contributed by atoms with van der Waals surface area (Å²) in [6.45, 7) is 2.12. The minimum atomic E-state index is 0.191. The first-order chi connectivity index (χ1) is 4.16. The van der Waals surface area contributed by atoms with Crippen LogP contribution < -0.4 is 0 Å². The summed E-state index contributed by atoms with van der Waals surface area (Å²) in [5.74, 6) is 0.966. The number of thiol groups is 3. The summed E-state index contributed by atoms with van der Waals surface area (Å²) < 4.78 is 0.642. The summed E-state index contributed by atoms with van der Waals surface area (Å²) in [5.41, 5.74) is 0. The molecule has 1 atom stereocenters. The molecule has 0 radical (unpaired) electrons. The highest BCUT2D eigenvalue weighted by Gasteiger charge is 2.01. The number of hydrogen-bond donors (Lipinski definition) is 3. The Morgan fingerprint density at radius 3 is 2.22 bits per heavy atom. The Morgan fingerprint density at radius 2 is 1.89 bits per heavy atom. The monoisotopic (exact) mass is 200 g/mol. The van der Waals surface area contributed by atoms with Crippen molar-refractivity contribution in [3.8, 4) is 0 Å². The normalized spacial score (nSPS) is 14.3. The lowest BCUT2D eigenvalue weighted by Gasteiger charge is -2.07. The van der Waals surface area contributed by atoms with Crippen molar-refractivity contribution in [3.63, 3.8) is 0 Å². The van der Waals surface area contributed by atoms with E-state index in [9.17, 15) is 0 Å². The lowest BCUT2D eigenvalue weighted by Crippen LogP contribution is -1.97. The van der Waals surface area contributed by atoms with E-state index in [0.29, 0.717) is 4.58 Å². The molecule has 0 spiro atoms. The molecule has 0 rings (SSSR count). The van der Waals surface area contributed by atoms with Gasteiger partial charge in [0.1, 0.15) is 0 Å². The first kappa shape index (κ1) is 10.4. The topological polar surface area (TPSA) is 0 Å². The van der Waals surface area contributed by atoms with E-state index in [4.69, 9.17) is 0 Å². The molecule has 0 fully saturated rings. The van der Waals surface area contributed by atoms with Gasteiger partial charge in [-0.15, -0.1) is 11.8 Å². The molecule has 0 heterocycles. The van der Waals surface area contributed by atoms with Gasteiger partial charge in [-0.05, 0) is 6.42 Å². The zero-order chi connectivity index (χ0) is 7.28. The molecule has 9 heavy (non-hydrogen) atoms. The van der Waals surface area contributed by atoms with Crippen molar-refractivity contribution in [1.29, 1.82) is 0 Å². The van der Waals surface area contributed by atoms with Crippen LogP contribution in [0.25, 0.3) is 0 Å². The average molecular weight is 200 g/mol. The standard InChI is InChI=1S/C5H12S4/c1-2-5(8)9-3-4(6)7/h4-8H,2-3H2,1H3. The Bertz CT molecular complexity index is 64.0. The molecule has 0 N–H and O–H groups in total. The molecule has 0 nitrogen and oxygen atoms in total. The summed E-state index contributed by atoms with van der Waals surface area (Å²) in [6, 6.07) is 0. The van der Waals surface area contributed by atoms with Crippen molar-refractivity contribution in [3.05, 3.63) is 0 Å². The fourth-order valence-electron chi connectivity index (χ4n) is 0.315. The van der Waals surface area contributed by atoms with Crippen molar-refractivity contribution in [1.82, 2.24) is 0 Å². The second-order valence-electron chi connectivity index (χ2n) is 1.68. The summed E-state index contributed by atoms with van der Waals surface area (Å²) in [7, 11) is 0. The first-order valence-electron chi connectivity index (χ1n) is 2.82. The fraction of sp³-hybridized carbons (Fsp3) is 1.00. The lowest BCUT2D eigenvalue weighted by atomic mass is 10.6. The zero-order valence-electron chi connectivity index (χ0n) is 5.32. The van der Waals surface area contributed by atoms with Crippen LogP contribution in [0.4, 0.5) is 0 Å². The van der Waals surface area contributed by atoms with Crippen LogP contribution in [0.1, 0.15) is 13.3 Å². The van der Waals surface area contributed by atoms with Crippen LogP contribution in [0.3, 0.4) is 0 Å². The average Bonchev–Trinajstić information content (AvgIpc) is 1.83. The predicted molar refractivity (Wildman–Crippen MR) is 57.3 cm³/mol. The largest absolute Gasteiger partial charge is 0.165 e. The molecule has 0 saturated heterocycles. The van der Waals surface area contributed by atoms with Crippen LogP contribution in [-0.2, 0) is 0 Å². The van der Waals surface area contributed by atoms with Crippen LogP contribution in [0.15, 0.2) is 0 Å². The van der Waals surface area contributed by atoms with Crippen molar-refractivity contribution >= 4 is 49.6 Å². The second kappa shape index (κ2) is 6.13. The molecular formula is C5H12S4. The lowest BCUT2D eigenvalue weighted by molar-refractivity contribution is 1.06. The summed E-state index contributed by atoms with van der Waals surface area (Å²) in [6.07, 6.45) is 1.10. The summed E-state index contributed by atoms with van der Waals surface area (Å²) >= 11 is 14.3. The Hall–Kier alpha value is 1.40. The van der Waals surface area contributed by atoms with Crippen LogP contribution in [0.2, 0.25) is 0 Å². The van der Waals surface area contributed by atoms with Crippen LogP contribution >= 0.6 is 49.6 Å². The molecule has 0 aliphatic heterocycles. The maximum atomic E-state index is 4.30.